The van der Waals surface area contributed by atoms with Gasteiger partial charge in [-0.15, -0.1) is 0 Å². The summed E-state index contributed by atoms with van der Waals surface area (Å²) in [5, 5.41) is 2.66. The third-order valence-corrected chi connectivity index (χ3v) is 5.06. The normalized spacial score (nSPS) is 11.0. The Morgan fingerprint density at radius 2 is 1.67 bits per heavy atom. The molecule has 2 aromatic rings. The van der Waals surface area contributed by atoms with E-state index in [1.165, 1.54) is 14.0 Å². The van der Waals surface area contributed by atoms with Gasteiger partial charge in [-0.05, 0) is 49.2 Å². The topological polar surface area (TPSA) is 84.5 Å². The SMILES string of the molecule is COc1cccc(NS(=O)(=O)c2c(C)cc(NC(C)=O)cc2C)c1. The first-order chi connectivity index (χ1) is 11.2. The van der Waals surface area contributed by atoms with E-state index in [2.05, 4.69) is 10.0 Å². The highest BCUT2D eigenvalue weighted by molar-refractivity contribution is 7.92. The summed E-state index contributed by atoms with van der Waals surface area (Å²) in [7, 11) is -2.25. The lowest BCUT2D eigenvalue weighted by molar-refractivity contribution is -0.114. The van der Waals surface area contributed by atoms with Crippen molar-refractivity contribution in [3.63, 3.8) is 0 Å². The third-order valence-electron chi connectivity index (χ3n) is 3.37. The van der Waals surface area contributed by atoms with E-state index < -0.39 is 10.0 Å². The van der Waals surface area contributed by atoms with Crippen molar-refractivity contribution in [3.05, 3.63) is 47.5 Å². The van der Waals surface area contributed by atoms with Gasteiger partial charge in [0, 0.05) is 18.7 Å². The number of anilines is 2. The lowest BCUT2D eigenvalue weighted by atomic mass is 10.1. The van der Waals surface area contributed by atoms with E-state index >= 15 is 0 Å². The van der Waals surface area contributed by atoms with Crippen LogP contribution in [0.1, 0.15) is 18.1 Å². The van der Waals surface area contributed by atoms with Crippen molar-refractivity contribution < 1.29 is 17.9 Å². The molecule has 0 aliphatic carbocycles. The summed E-state index contributed by atoms with van der Waals surface area (Å²) in [6.45, 7) is 4.79. The van der Waals surface area contributed by atoms with Crippen molar-refractivity contribution >= 4 is 27.3 Å². The molecule has 128 valence electrons. The van der Waals surface area contributed by atoms with Crippen LogP contribution in [0, 0.1) is 13.8 Å². The van der Waals surface area contributed by atoms with Gasteiger partial charge in [-0.25, -0.2) is 8.42 Å². The molecule has 0 aromatic heterocycles. The number of carbonyl (C=O) groups is 1. The van der Waals surface area contributed by atoms with Crippen LogP contribution in [0.5, 0.6) is 5.75 Å². The van der Waals surface area contributed by atoms with Crippen molar-refractivity contribution in [1.29, 1.82) is 0 Å². The van der Waals surface area contributed by atoms with Crippen LogP contribution in [0.15, 0.2) is 41.3 Å². The number of carbonyl (C=O) groups excluding carboxylic acids is 1. The molecule has 0 heterocycles. The maximum Gasteiger partial charge on any atom is 0.262 e. The third kappa shape index (κ3) is 4.05. The highest BCUT2D eigenvalue weighted by Gasteiger charge is 2.20. The summed E-state index contributed by atoms with van der Waals surface area (Å²) in [6, 6.07) is 9.96. The van der Waals surface area contributed by atoms with Crippen LogP contribution in [0.3, 0.4) is 0 Å². The van der Waals surface area contributed by atoms with E-state index in [9.17, 15) is 13.2 Å². The molecule has 0 atom stereocenters. The fraction of sp³-hybridized carbons (Fsp3) is 0.235. The minimum atomic E-state index is -3.76. The van der Waals surface area contributed by atoms with Gasteiger partial charge in [0.25, 0.3) is 10.0 Å². The number of methoxy groups -OCH3 is 1. The number of nitrogens with one attached hydrogen (secondary N) is 2. The molecule has 0 spiro atoms. The predicted molar refractivity (Wildman–Crippen MR) is 94.0 cm³/mol. The molecule has 0 bridgehead atoms. The van der Waals surface area contributed by atoms with E-state index in [-0.39, 0.29) is 10.8 Å². The second-order valence-electron chi connectivity index (χ2n) is 5.46. The minimum Gasteiger partial charge on any atom is -0.497 e. The Bertz CT molecular complexity index is 853. The van der Waals surface area contributed by atoms with Gasteiger partial charge >= 0.3 is 0 Å². The monoisotopic (exact) mass is 348 g/mol. The van der Waals surface area contributed by atoms with E-state index in [4.69, 9.17) is 4.74 Å². The minimum absolute atomic E-state index is 0.194. The molecule has 0 aliphatic heterocycles. The van der Waals surface area contributed by atoms with Gasteiger partial charge < -0.3 is 10.1 Å². The van der Waals surface area contributed by atoms with Crippen LogP contribution in [0.2, 0.25) is 0 Å². The maximum atomic E-state index is 12.7. The Balaban J connectivity index is 2.40. The Kier molecular flexibility index (Phi) is 5.14. The number of sulfonamides is 1. The van der Waals surface area contributed by atoms with Gasteiger partial charge in [-0.2, -0.15) is 0 Å². The summed E-state index contributed by atoms with van der Waals surface area (Å²) in [5.41, 5.74) is 2.08. The summed E-state index contributed by atoms with van der Waals surface area (Å²) in [5.74, 6) is 0.351. The van der Waals surface area contributed by atoms with Crippen molar-refractivity contribution in [1.82, 2.24) is 0 Å². The summed E-state index contributed by atoms with van der Waals surface area (Å²) >= 11 is 0. The first kappa shape index (κ1) is 17.8. The highest BCUT2D eigenvalue weighted by Crippen LogP contribution is 2.27. The zero-order chi connectivity index (χ0) is 17.9. The smallest absolute Gasteiger partial charge is 0.262 e. The Labute approximate surface area is 141 Å². The Morgan fingerprint density at radius 3 is 2.21 bits per heavy atom. The lowest BCUT2D eigenvalue weighted by Crippen LogP contribution is -2.16. The Hall–Kier alpha value is -2.54. The number of aryl methyl sites for hydroxylation is 2. The molecule has 2 rings (SSSR count). The van der Waals surface area contributed by atoms with Crippen molar-refractivity contribution in [2.45, 2.75) is 25.7 Å². The molecule has 2 N–H and O–H groups in total. The van der Waals surface area contributed by atoms with Crippen molar-refractivity contribution in [2.24, 2.45) is 0 Å². The molecular formula is C17H20N2O4S. The van der Waals surface area contributed by atoms with Crippen LogP contribution in [-0.2, 0) is 14.8 Å². The fourth-order valence-corrected chi connectivity index (χ4v) is 4.05. The van der Waals surface area contributed by atoms with Gasteiger partial charge in [0.15, 0.2) is 0 Å². The van der Waals surface area contributed by atoms with E-state index in [1.54, 1.807) is 50.2 Å². The first-order valence-corrected chi connectivity index (χ1v) is 8.77. The van der Waals surface area contributed by atoms with Crippen molar-refractivity contribution in [3.8, 4) is 5.75 Å². The number of hydrogen-bond donors (Lipinski definition) is 2. The Morgan fingerprint density at radius 1 is 1.04 bits per heavy atom. The molecule has 0 saturated carbocycles. The van der Waals surface area contributed by atoms with Crippen LogP contribution in [0.25, 0.3) is 0 Å². The van der Waals surface area contributed by atoms with E-state index in [1.807, 2.05) is 0 Å². The number of rotatable bonds is 5. The van der Waals surface area contributed by atoms with Crippen molar-refractivity contribution in [2.75, 3.05) is 17.1 Å². The molecule has 0 aliphatic rings. The standard InChI is InChI=1S/C17H20N2O4S/c1-11-8-15(18-13(3)20)9-12(2)17(11)24(21,22)19-14-6-5-7-16(10-14)23-4/h5-10,19H,1-4H3,(H,18,20). The summed E-state index contributed by atoms with van der Waals surface area (Å²) in [6.07, 6.45) is 0. The van der Waals surface area contributed by atoms with Gasteiger partial charge in [0.05, 0.1) is 17.7 Å². The molecule has 7 heteroatoms. The zero-order valence-corrected chi connectivity index (χ0v) is 14.8. The second kappa shape index (κ2) is 6.92. The lowest BCUT2D eigenvalue weighted by Gasteiger charge is -2.15. The van der Waals surface area contributed by atoms with Gasteiger partial charge in [-0.1, -0.05) is 6.07 Å². The fourth-order valence-electron chi connectivity index (χ4n) is 2.54. The molecule has 2 aromatic carbocycles. The van der Waals surface area contributed by atoms with Crippen LogP contribution >= 0.6 is 0 Å². The average Bonchev–Trinajstić information content (AvgIpc) is 2.44. The molecule has 6 nitrogen and oxygen atoms in total. The van der Waals surface area contributed by atoms with E-state index in [0.29, 0.717) is 28.3 Å². The van der Waals surface area contributed by atoms with E-state index in [0.717, 1.165) is 0 Å². The number of hydrogen-bond acceptors (Lipinski definition) is 4. The highest BCUT2D eigenvalue weighted by atomic mass is 32.2. The van der Waals surface area contributed by atoms with Crippen LogP contribution < -0.4 is 14.8 Å². The van der Waals surface area contributed by atoms with Crippen LogP contribution in [0.4, 0.5) is 11.4 Å². The second-order valence-corrected chi connectivity index (χ2v) is 7.08. The largest absolute Gasteiger partial charge is 0.497 e. The number of amides is 1. The average molecular weight is 348 g/mol. The predicted octanol–water partition coefficient (Wildman–Crippen LogP) is 3.07. The number of benzene rings is 2. The quantitative estimate of drug-likeness (QED) is 0.870. The summed E-state index contributed by atoms with van der Waals surface area (Å²) in [4.78, 5) is 11.4. The molecule has 0 fully saturated rings. The molecule has 0 unspecified atom stereocenters. The first-order valence-electron chi connectivity index (χ1n) is 7.28. The molecule has 0 saturated heterocycles. The maximum absolute atomic E-state index is 12.7. The molecular weight excluding hydrogens is 328 g/mol. The zero-order valence-electron chi connectivity index (χ0n) is 14.0. The van der Waals surface area contributed by atoms with Gasteiger partial charge in [0.2, 0.25) is 5.91 Å². The van der Waals surface area contributed by atoms with Gasteiger partial charge in [-0.3, -0.25) is 9.52 Å². The number of ether oxygens (including phenoxy) is 1. The molecule has 0 radical (unpaired) electrons. The summed E-state index contributed by atoms with van der Waals surface area (Å²) < 4.78 is 33.1. The molecule has 1 amide bonds. The van der Waals surface area contributed by atoms with Gasteiger partial charge in [0.1, 0.15) is 5.75 Å². The van der Waals surface area contributed by atoms with Crippen LogP contribution in [-0.4, -0.2) is 21.4 Å². The molecule has 24 heavy (non-hydrogen) atoms.